The van der Waals surface area contributed by atoms with Gasteiger partial charge >= 0.3 is 6.18 Å². The molecule has 92 valence electrons. The zero-order valence-corrected chi connectivity index (χ0v) is 8.54. The number of hydrogen-bond donors (Lipinski definition) is 1. The van der Waals surface area contributed by atoms with Gasteiger partial charge in [0.05, 0.1) is 31.0 Å². The Morgan fingerprint density at radius 2 is 1.94 bits per heavy atom. The summed E-state index contributed by atoms with van der Waals surface area (Å²) in [5.41, 5.74) is 5.35. The summed E-state index contributed by atoms with van der Waals surface area (Å²) in [5, 5.41) is 0. The summed E-state index contributed by atoms with van der Waals surface area (Å²) in [6.07, 6.45) is -4.95. The summed E-state index contributed by atoms with van der Waals surface area (Å²) in [7, 11) is 0. The quantitative estimate of drug-likeness (QED) is 0.782. The zero-order chi connectivity index (χ0) is 11.8. The molecule has 0 aromatic rings. The Balaban J connectivity index is 1.99. The highest BCUT2D eigenvalue weighted by Gasteiger charge is 2.48. The number of ether oxygens (including phenoxy) is 2. The van der Waals surface area contributed by atoms with Crippen LogP contribution in [0.2, 0.25) is 0 Å². The molecule has 2 heterocycles. The number of halogens is 3. The maximum Gasteiger partial charge on any atom is 0.394 e. The van der Waals surface area contributed by atoms with Crippen LogP contribution < -0.4 is 5.73 Å². The number of hydrogen-bond acceptors (Lipinski definition) is 4. The molecular formula is C9H13F3N2O2. The van der Waals surface area contributed by atoms with Gasteiger partial charge in [-0.3, -0.25) is 4.99 Å². The minimum Gasteiger partial charge on any atom is -0.387 e. The monoisotopic (exact) mass is 238 g/mol. The highest BCUT2D eigenvalue weighted by molar-refractivity contribution is 5.82. The van der Waals surface area contributed by atoms with Crippen molar-refractivity contribution < 1.29 is 22.6 Å². The van der Waals surface area contributed by atoms with Crippen LogP contribution in [0.3, 0.4) is 0 Å². The zero-order valence-electron chi connectivity index (χ0n) is 8.54. The van der Waals surface area contributed by atoms with Crippen molar-refractivity contribution in [3.63, 3.8) is 0 Å². The van der Waals surface area contributed by atoms with Crippen molar-refractivity contribution >= 4 is 5.84 Å². The third-order valence-electron chi connectivity index (χ3n) is 2.77. The molecule has 0 unspecified atom stereocenters. The van der Waals surface area contributed by atoms with Gasteiger partial charge in [0, 0.05) is 12.8 Å². The third kappa shape index (κ3) is 2.46. The van der Waals surface area contributed by atoms with Gasteiger partial charge in [-0.2, -0.15) is 13.2 Å². The predicted octanol–water partition coefficient (Wildman–Crippen LogP) is 1.06. The van der Waals surface area contributed by atoms with E-state index in [0.29, 0.717) is 13.2 Å². The second kappa shape index (κ2) is 4.21. The van der Waals surface area contributed by atoms with Gasteiger partial charge in [-0.15, -0.1) is 0 Å². The van der Waals surface area contributed by atoms with Crippen LogP contribution in [0.4, 0.5) is 13.2 Å². The molecule has 1 fully saturated rings. The Hall–Kier alpha value is -0.820. The number of rotatable bonds is 2. The van der Waals surface area contributed by atoms with E-state index < -0.39 is 24.4 Å². The van der Waals surface area contributed by atoms with Crippen LogP contribution in [-0.2, 0) is 9.47 Å². The lowest BCUT2D eigenvalue weighted by Crippen LogP contribution is -2.33. The molecule has 0 saturated carbocycles. The standard InChI is InChI=1S/C9H13F3N2O2/c10-9(11,12)5-3-7(13)14-6(5)4-8-15-1-2-16-8/h5-6,8H,1-4H2,(H2,13,14)/t5-,6+/m0/s1. The van der Waals surface area contributed by atoms with Gasteiger partial charge in [-0.05, 0) is 0 Å². The average molecular weight is 238 g/mol. The smallest absolute Gasteiger partial charge is 0.387 e. The molecule has 0 bridgehead atoms. The molecule has 2 N–H and O–H groups in total. The molecule has 2 atom stereocenters. The lowest BCUT2D eigenvalue weighted by Gasteiger charge is -2.22. The summed E-state index contributed by atoms with van der Waals surface area (Å²) in [6, 6.07) is -0.872. The summed E-state index contributed by atoms with van der Waals surface area (Å²) >= 11 is 0. The molecule has 0 spiro atoms. The van der Waals surface area contributed by atoms with Crippen molar-refractivity contribution in [1.82, 2.24) is 0 Å². The topological polar surface area (TPSA) is 56.8 Å². The third-order valence-corrected chi connectivity index (χ3v) is 2.77. The fourth-order valence-corrected chi connectivity index (χ4v) is 2.01. The molecule has 2 aliphatic heterocycles. The first kappa shape index (κ1) is 11.7. The van der Waals surface area contributed by atoms with Gasteiger partial charge in [0.15, 0.2) is 6.29 Å². The number of amidine groups is 1. The SMILES string of the molecule is NC1=N[C@H](CC2OCCO2)[C@@H](C(F)(F)F)C1. The van der Waals surface area contributed by atoms with Crippen LogP contribution in [0.5, 0.6) is 0 Å². The van der Waals surface area contributed by atoms with Crippen LogP contribution in [0.1, 0.15) is 12.8 Å². The molecule has 1 saturated heterocycles. The first-order valence-electron chi connectivity index (χ1n) is 5.09. The van der Waals surface area contributed by atoms with E-state index in [0.717, 1.165) is 0 Å². The van der Waals surface area contributed by atoms with Crippen molar-refractivity contribution in [3.05, 3.63) is 0 Å². The number of nitrogens with zero attached hydrogens (tertiary/aromatic N) is 1. The maximum atomic E-state index is 12.6. The number of aliphatic imine (C=N–C) groups is 1. The van der Waals surface area contributed by atoms with Crippen molar-refractivity contribution in [2.45, 2.75) is 31.3 Å². The van der Waals surface area contributed by atoms with E-state index in [-0.39, 0.29) is 18.7 Å². The van der Waals surface area contributed by atoms with Crippen molar-refractivity contribution in [2.24, 2.45) is 16.6 Å². The number of nitrogens with two attached hydrogens (primary N) is 1. The molecule has 0 aromatic carbocycles. The Kier molecular flexibility index (Phi) is 3.07. The lowest BCUT2D eigenvalue weighted by atomic mass is 9.96. The van der Waals surface area contributed by atoms with E-state index in [1.54, 1.807) is 0 Å². The highest BCUT2D eigenvalue weighted by atomic mass is 19.4. The molecule has 7 heteroatoms. The van der Waals surface area contributed by atoms with Crippen molar-refractivity contribution in [2.75, 3.05) is 13.2 Å². The molecule has 2 aliphatic rings. The van der Waals surface area contributed by atoms with Gasteiger partial charge < -0.3 is 15.2 Å². The largest absolute Gasteiger partial charge is 0.394 e. The second-order valence-electron chi connectivity index (χ2n) is 3.95. The predicted molar refractivity (Wildman–Crippen MR) is 49.9 cm³/mol. The summed E-state index contributed by atoms with van der Waals surface area (Å²) in [5.74, 6) is -1.44. The molecule has 2 rings (SSSR count). The second-order valence-corrected chi connectivity index (χ2v) is 3.95. The van der Waals surface area contributed by atoms with Gasteiger partial charge in [0.2, 0.25) is 0 Å². The minimum absolute atomic E-state index is 0.0605. The summed E-state index contributed by atoms with van der Waals surface area (Å²) in [4.78, 5) is 3.81. The van der Waals surface area contributed by atoms with Gasteiger partial charge in [0.25, 0.3) is 0 Å². The van der Waals surface area contributed by atoms with Crippen LogP contribution in [-0.4, -0.2) is 37.6 Å². The summed E-state index contributed by atoms with van der Waals surface area (Å²) < 4.78 is 48.2. The van der Waals surface area contributed by atoms with E-state index in [4.69, 9.17) is 15.2 Å². The molecule has 0 aliphatic carbocycles. The first-order chi connectivity index (χ1) is 7.47. The fraction of sp³-hybridized carbons (Fsp3) is 0.889. The lowest BCUT2D eigenvalue weighted by molar-refractivity contribution is -0.180. The summed E-state index contributed by atoms with van der Waals surface area (Å²) in [6.45, 7) is 0.848. The highest BCUT2D eigenvalue weighted by Crippen LogP contribution is 2.38. The maximum absolute atomic E-state index is 12.6. The van der Waals surface area contributed by atoms with Crippen LogP contribution in [0.15, 0.2) is 4.99 Å². The van der Waals surface area contributed by atoms with Gasteiger partial charge in [-0.1, -0.05) is 0 Å². The fourth-order valence-electron chi connectivity index (χ4n) is 2.01. The van der Waals surface area contributed by atoms with Crippen molar-refractivity contribution in [1.29, 1.82) is 0 Å². The van der Waals surface area contributed by atoms with Crippen LogP contribution >= 0.6 is 0 Å². The first-order valence-corrected chi connectivity index (χ1v) is 5.09. The minimum atomic E-state index is -4.27. The van der Waals surface area contributed by atoms with E-state index in [9.17, 15) is 13.2 Å². The number of alkyl halides is 3. The molecule has 0 aromatic heterocycles. The average Bonchev–Trinajstić information content (AvgIpc) is 2.74. The van der Waals surface area contributed by atoms with Gasteiger partial charge in [0.1, 0.15) is 0 Å². The van der Waals surface area contributed by atoms with Gasteiger partial charge in [-0.25, -0.2) is 0 Å². The molecule has 4 nitrogen and oxygen atoms in total. The van der Waals surface area contributed by atoms with E-state index in [2.05, 4.69) is 4.99 Å². The normalized spacial score (nSPS) is 32.1. The van der Waals surface area contributed by atoms with Crippen LogP contribution in [0.25, 0.3) is 0 Å². The molecular weight excluding hydrogens is 225 g/mol. The van der Waals surface area contributed by atoms with E-state index in [1.165, 1.54) is 0 Å². The molecule has 0 amide bonds. The Morgan fingerprint density at radius 3 is 2.50 bits per heavy atom. The van der Waals surface area contributed by atoms with Crippen molar-refractivity contribution in [3.8, 4) is 0 Å². The Bertz CT molecular complexity index is 287. The molecule has 16 heavy (non-hydrogen) atoms. The molecule has 0 radical (unpaired) electrons. The van der Waals surface area contributed by atoms with E-state index in [1.807, 2.05) is 0 Å². The van der Waals surface area contributed by atoms with E-state index >= 15 is 0 Å². The van der Waals surface area contributed by atoms with Crippen LogP contribution in [0, 0.1) is 5.92 Å². The Labute approximate surface area is 90.6 Å². The Morgan fingerprint density at radius 1 is 1.31 bits per heavy atom.